The Morgan fingerprint density at radius 2 is 2.17 bits per heavy atom. The molecule has 0 radical (unpaired) electrons. The Balaban J connectivity index is 1.31. The number of nitrogens with zero attached hydrogens (tertiary/aromatic N) is 3. The van der Waals surface area contributed by atoms with Crippen molar-refractivity contribution in [3.63, 3.8) is 0 Å². The van der Waals surface area contributed by atoms with Crippen molar-refractivity contribution in [1.82, 2.24) is 19.7 Å². The summed E-state index contributed by atoms with van der Waals surface area (Å²) in [6, 6.07) is 10.1. The second kappa shape index (κ2) is 6.91. The maximum Gasteiger partial charge on any atom is 0.270 e. The van der Waals surface area contributed by atoms with Crippen molar-refractivity contribution < 1.29 is 9.90 Å². The van der Waals surface area contributed by atoms with E-state index in [2.05, 4.69) is 28.4 Å². The zero-order valence-corrected chi connectivity index (χ0v) is 16.7. The number of rotatable bonds is 5. The molecule has 7 nitrogen and oxygen atoms in total. The average molecular weight is 393 g/mol. The molecule has 3 aromatic rings. The summed E-state index contributed by atoms with van der Waals surface area (Å²) in [4.78, 5) is 18.3. The lowest BCUT2D eigenvalue weighted by atomic mass is 9.80. The number of carbonyl (C=O) groups excluding carboxylic acids is 1. The van der Waals surface area contributed by atoms with E-state index in [4.69, 9.17) is 0 Å². The van der Waals surface area contributed by atoms with Gasteiger partial charge in [-0.05, 0) is 43.4 Å². The lowest BCUT2D eigenvalue weighted by molar-refractivity contribution is -0.0202. The zero-order valence-electron chi connectivity index (χ0n) is 16.7. The summed E-state index contributed by atoms with van der Waals surface area (Å²) in [5.74, 6) is 0.793. The van der Waals surface area contributed by atoms with Crippen molar-refractivity contribution in [1.29, 1.82) is 0 Å². The minimum atomic E-state index is -0.584. The zero-order chi connectivity index (χ0) is 20.0. The van der Waals surface area contributed by atoms with Crippen molar-refractivity contribution in [2.75, 3.05) is 18.4 Å². The maximum atomic E-state index is 13.1. The summed E-state index contributed by atoms with van der Waals surface area (Å²) in [7, 11) is 0. The number of aromatic amines is 1. The molecule has 0 atom stereocenters. The molecule has 1 saturated carbocycles. The van der Waals surface area contributed by atoms with Gasteiger partial charge in [-0.2, -0.15) is 5.10 Å². The highest BCUT2D eigenvalue weighted by atomic mass is 16.3. The van der Waals surface area contributed by atoms with E-state index in [0.29, 0.717) is 31.9 Å². The molecule has 0 bridgehead atoms. The minimum Gasteiger partial charge on any atom is -0.388 e. The summed E-state index contributed by atoms with van der Waals surface area (Å²) >= 11 is 0. The Labute approximate surface area is 169 Å². The molecule has 29 heavy (non-hydrogen) atoms. The second-order valence-electron chi connectivity index (χ2n) is 8.32. The normalized spacial score (nSPS) is 17.8. The van der Waals surface area contributed by atoms with Crippen molar-refractivity contribution in [2.24, 2.45) is 0 Å². The van der Waals surface area contributed by atoms with Gasteiger partial charge in [-0.15, -0.1) is 0 Å². The quantitative estimate of drug-likeness (QED) is 0.622. The molecule has 1 fully saturated rings. The smallest absolute Gasteiger partial charge is 0.270 e. The molecule has 7 heteroatoms. The number of benzene rings is 1. The predicted molar refractivity (Wildman–Crippen MR) is 112 cm³/mol. The number of fused-ring (bicyclic) bond motifs is 2. The number of aliphatic hydroxyl groups is 1. The van der Waals surface area contributed by atoms with Gasteiger partial charge in [-0.25, -0.2) is 0 Å². The van der Waals surface area contributed by atoms with Crippen LogP contribution in [0.1, 0.15) is 47.9 Å². The summed E-state index contributed by atoms with van der Waals surface area (Å²) in [6.07, 6.45) is 3.72. The van der Waals surface area contributed by atoms with Crippen LogP contribution in [0.3, 0.4) is 0 Å². The van der Waals surface area contributed by atoms with Gasteiger partial charge in [0, 0.05) is 30.1 Å². The van der Waals surface area contributed by atoms with Gasteiger partial charge in [-0.3, -0.25) is 9.48 Å². The van der Waals surface area contributed by atoms with Crippen molar-refractivity contribution in [3.05, 3.63) is 47.3 Å². The highest BCUT2D eigenvalue weighted by molar-refractivity contribution is 5.98. The first kappa shape index (κ1) is 18.2. The van der Waals surface area contributed by atoms with Crippen LogP contribution in [-0.2, 0) is 19.5 Å². The number of carbonyl (C=O) groups is 1. The number of H-pyrrole nitrogens is 1. The number of hydrogen-bond acceptors (Lipinski definition) is 4. The lowest BCUT2D eigenvalue weighted by Gasteiger charge is -2.36. The highest BCUT2D eigenvalue weighted by Crippen LogP contribution is 2.31. The second-order valence-corrected chi connectivity index (χ2v) is 8.32. The molecular formula is C22H27N5O2. The van der Waals surface area contributed by atoms with Crippen molar-refractivity contribution in [3.8, 4) is 0 Å². The van der Waals surface area contributed by atoms with Gasteiger partial charge in [0.1, 0.15) is 11.5 Å². The Morgan fingerprint density at radius 3 is 2.93 bits per heavy atom. The Bertz CT molecular complexity index is 1060. The predicted octanol–water partition coefficient (Wildman–Crippen LogP) is 2.91. The number of aromatic nitrogens is 3. The van der Waals surface area contributed by atoms with Gasteiger partial charge in [0.25, 0.3) is 5.91 Å². The third-order valence-corrected chi connectivity index (χ3v) is 6.33. The molecule has 5 rings (SSSR count). The van der Waals surface area contributed by atoms with Gasteiger partial charge in [0.05, 0.1) is 24.4 Å². The van der Waals surface area contributed by atoms with Crippen LogP contribution in [-0.4, -0.2) is 49.4 Å². The average Bonchev–Trinajstić information content (AvgIpc) is 3.33. The first-order chi connectivity index (χ1) is 14.0. The molecule has 2 aromatic heterocycles. The van der Waals surface area contributed by atoms with Crippen molar-refractivity contribution >= 4 is 22.6 Å². The first-order valence-electron chi connectivity index (χ1n) is 10.5. The Morgan fingerprint density at radius 1 is 1.31 bits per heavy atom. The molecule has 3 N–H and O–H groups in total. The van der Waals surface area contributed by atoms with Crippen LogP contribution in [0, 0.1) is 0 Å². The maximum absolute atomic E-state index is 13.1. The van der Waals surface area contributed by atoms with E-state index < -0.39 is 5.60 Å². The molecule has 1 amide bonds. The molecule has 0 spiro atoms. The van der Waals surface area contributed by atoms with Crippen LogP contribution in [0.25, 0.3) is 10.9 Å². The number of anilines is 1. The van der Waals surface area contributed by atoms with Gasteiger partial charge in [0.2, 0.25) is 0 Å². The first-order valence-corrected chi connectivity index (χ1v) is 10.5. The van der Waals surface area contributed by atoms with Gasteiger partial charge >= 0.3 is 0 Å². The molecule has 1 aliphatic heterocycles. The van der Waals surface area contributed by atoms with Crippen LogP contribution in [0.15, 0.2) is 30.3 Å². The molecule has 0 saturated heterocycles. The molecule has 152 valence electrons. The molecule has 1 aliphatic carbocycles. The van der Waals surface area contributed by atoms with Crippen LogP contribution >= 0.6 is 0 Å². The largest absolute Gasteiger partial charge is 0.388 e. The van der Waals surface area contributed by atoms with E-state index in [0.717, 1.165) is 48.1 Å². The third-order valence-electron chi connectivity index (χ3n) is 6.33. The summed E-state index contributed by atoms with van der Waals surface area (Å²) in [5.41, 5.74) is 3.32. The van der Waals surface area contributed by atoms with E-state index >= 15 is 0 Å². The van der Waals surface area contributed by atoms with Gasteiger partial charge < -0.3 is 20.3 Å². The van der Waals surface area contributed by atoms with Crippen molar-refractivity contribution in [2.45, 2.75) is 51.3 Å². The Hall–Kier alpha value is -2.80. The molecule has 1 aromatic carbocycles. The SMILES string of the molecule is CCc1cccc2[nH]c(C(=O)N3CCn4nc(NCC5(O)CCC5)cc4C3)cc12. The van der Waals surface area contributed by atoms with Gasteiger partial charge in [-0.1, -0.05) is 19.1 Å². The number of hydrogen-bond donors (Lipinski definition) is 3. The van der Waals surface area contributed by atoms with Crippen LogP contribution in [0.2, 0.25) is 0 Å². The number of nitrogens with one attached hydrogen (secondary N) is 2. The van der Waals surface area contributed by atoms with Crippen LogP contribution in [0.5, 0.6) is 0 Å². The number of amides is 1. The number of aryl methyl sites for hydroxylation is 1. The van der Waals surface area contributed by atoms with E-state index in [1.807, 2.05) is 33.8 Å². The van der Waals surface area contributed by atoms with Crippen LogP contribution < -0.4 is 5.32 Å². The van der Waals surface area contributed by atoms with Gasteiger partial charge in [0.15, 0.2) is 0 Å². The lowest BCUT2D eigenvalue weighted by Crippen LogP contribution is -2.43. The fourth-order valence-corrected chi connectivity index (χ4v) is 4.35. The monoisotopic (exact) mass is 393 g/mol. The van der Waals surface area contributed by atoms with E-state index in [1.54, 1.807) is 0 Å². The summed E-state index contributed by atoms with van der Waals surface area (Å²) in [6.45, 7) is 4.50. The molecule has 0 unspecified atom stereocenters. The molecular weight excluding hydrogens is 366 g/mol. The summed E-state index contributed by atoms with van der Waals surface area (Å²) < 4.78 is 1.96. The fourth-order valence-electron chi connectivity index (χ4n) is 4.35. The standard InChI is InChI=1S/C22H27N5O2/c1-2-15-5-3-6-18-17(15)12-19(24-18)21(28)26-9-10-27-16(13-26)11-20(25-27)23-14-22(29)7-4-8-22/h3,5-6,11-12,24,29H,2,4,7-10,13-14H2,1H3,(H,23,25). The van der Waals surface area contributed by atoms with E-state index in [-0.39, 0.29) is 5.91 Å². The van der Waals surface area contributed by atoms with E-state index in [1.165, 1.54) is 5.56 Å². The van der Waals surface area contributed by atoms with Crippen LogP contribution in [0.4, 0.5) is 5.82 Å². The third kappa shape index (κ3) is 3.29. The topological polar surface area (TPSA) is 86.2 Å². The fraction of sp³-hybridized carbons (Fsp3) is 0.455. The van der Waals surface area contributed by atoms with E-state index in [9.17, 15) is 9.90 Å². The molecule has 3 heterocycles. The minimum absolute atomic E-state index is 0.0222. The summed E-state index contributed by atoms with van der Waals surface area (Å²) in [5, 5.41) is 19.2. The highest BCUT2D eigenvalue weighted by Gasteiger charge is 2.34. The Kier molecular flexibility index (Phi) is 4.35. The molecule has 2 aliphatic rings.